The first-order valence-corrected chi connectivity index (χ1v) is 6.41. The molecule has 0 aliphatic heterocycles. The molecule has 21 heavy (non-hydrogen) atoms. The molecule has 1 heterocycles. The van der Waals surface area contributed by atoms with Crippen molar-refractivity contribution >= 4 is 11.5 Å². The number of ether oxygens (including phenoxy) is 1. The van der Waals surface area contributed by atoms with Gasteiger partial charge in [0, 0.05) is 12.1 Å². The number of anilines is 1. The Balaban J connectivity index is 2.36. The molecule has 0 saturated carbocycles. The maximum Gasteiger partial charge on any atom is 0.278 e. The Kier molecular flexibility index (Phi) is 4.68. The number of nitrogens with zero attached hydrogens (tertiary/aromatic N) is 2. The minimum Gasteiger partial charge on any atom is -0.438 e. The summed E-state index contributed by atoms with van der Waals surface area (Å²) >= 11 is 0. The summed E-state index contributed by atoms with van der Waals surface area (Å²) in [7, 11) is 0. The number of hydrogen-bond donors (Lipinski definition) is 2. The van der Waals surface area contributed by atoms with Gasteiger partial charge in [0.25, 0.3) is 5.69 Å². The SMILES string of the molecule is CCNc1cc([N+](=O)[O-])cc(Oc2ccccc2CO)n1. The zero-order chi connectivity index (χ0) is 15.2. The van der Waals surface area contributed by atoms with Crippen molar-refractivity contribution in [3.05, 3.63) is 52.1 Å². The molecular formula is C14H15N3O4. The lowest BCUT2D eigenvalue weighted by molar-refractivity contribution is -0.384. The Morgan fingerprint density at radius 1 is 1.38 bits per heavy atom. The highest BCUT2D eigenvalue weighted by atomic mass is 16.6. The van der Waals surface area contributed by atoms with Crippen LogP contribution in [0.2, 0.25) is 0 Å². The lowest BCUT2D eigenvalue weighted by Crippen LogP contribution is -2.02. The van der Waals surface area contributed by atoms with Gasteiger partial charge in [-0.25, -0.2) is 0 Å². The summed E-state index contributed by atoms with van der Waals surface area (Å²) in [6.45, 7) is 2.26. The summed E-state index contributed by atoms with van der Waals surface area (Å²) in [5, 5.41) is 23.1. The fourth-order valence-corrected chi connectivity index (χ4v) is 1.77. The van der Waals surface area contributed by atoms with Gasteiger partial charge in [-0.3, -0.25) is 10.1 Å². The lowest BCUT2D eigenvalue weighted by Gasteiger charge is -2.10. The molecule has 7 heteroatoms. The number of rotatable bonds is 6. The van der Waals surface area contributed by atoms with E-state index in [2.05, 4.69) is 10.3 Å². The molecule has 0 aliphatic rings. The molecule has 0 bridgehead atoms. The number of benzene rings is 1. The molecule has 110 valence electrons. The fraction of sp³-hybridized carbons (Fsp3) is 0.214. The standard InChI is InChI=1S/C14H15N3O4/c1-2-15-13-7-11(17(19)20)8-14(16-13)21-12-6-4-3-5-10(12)9-18/h3-8,18H,2,9H2,1H3,(H,15,16). The van der Waals surface area contributed by atoms with Crippen LogP contribution in [0.5, 0.6) is 11.6 Å². The fourth-order valence-electron chi connectivity index (χ4n) is 1.77. The molecule has 0 fully saturated rings. The third kappa shape index (κ3) is 3.67. The Morgan fingerprint density at radius 3 is 2.81 bits per heavy atom. The van der Waals surface area contributed by atoms with Gasteiger partial charge >= 0.3 is 0 Å². The van der Waals surface area contributed by atoms with Crippen molar-refractivity contribution in [3.8, 4) is 11.6 Å². The van der Waals surface area contributed by atoms with Gasteiger partial charge in [0.05, 0.1) is 23.7 Å². The molecule has 1 aromatic heterocycles. The number of aliphatic hydroxyl groups is 1. The van der Waals surface area contributed by atoms with Gasteiger partial charge < -0.3 is 15.2 Å². The van der Waals surface area contributed by atoms with E-state index in [1.54, 1.807) is 24.3 Å². The summed E-state index contributed by atoms with van der Waals surface area (Å²) in [6, 6.07) is 9.47. The second-order valence-corrected chi connectivity index (χ2v) is 4.20. The summed E-state index contributed by atoms with van der Waals surface area (Å²) in [6.07, 6.45) is 0. The summed E-state index contributed by atoms with van der Waals surface area (Å²) in [5.41, 5.74) is 0.466. The molecule has 1 aromatic carbocycles. The summed E-state index contributed by atoms with van der Waals surface area (Å²) in [5.74, 6) is 0.875. The second-order valence-electron chi connectivity index (χ2n) is 4.20. The number of nitro groups is 1. The highest BCUT2D eigenvalue weighted by Gasteiger charge is 2.13. The van der Waals surface area contributed by atoms with Crippen LogP contribution in [0.4, 0.5) is 11.5 Å². The molecule has 2 rings (SSSR count). The largest absolute Gasteiger partial charge is 0.438 e. The van der Waals surface area contributed by atoms with E-state index >= 15 is 0 Å². The van der Waals surface area contributed by atoms with E-state index in [4.69, 9.17) is 4.74 Å². The van der Waals surface area contributed by atoms with Crippen LogP contribution in [0.1, 0.15) is 12.5 Å². The van der Waals surface area contributed by atoms with Gasteiger partial charge in [-0.05, 0) is 13.0 Å². The number of pyridine rings is 1. The minimum atomic E-state index is -0.507. The van der Waals surface area contributed by atoms with Crippen LogP contribution in [-0.2, 0) is 6.61 Å². The molecule has 0 aliphatic carbocycles. The molecule has 2 N–H and O–H groups in total. The Hall–Kier alpha value is -2.67. The third-order valence-corrected chi connectivity index (χ3v) is 2.71. The van der Waals surface area contributed by atoms with Crippen LogP contribution in [0.25, 0.3) is 0 Å². The zero-order valence-corrected chi connectivity index (χ0v) is 11.4. The van der Waals surface area contributed by atoms with Gasteiger partial charge in [0.1, 0.15) is 11.6 Å². The van der Waals surface area contributed by atoms with Gasteiger partial charge in [-0.15, -0.1) is 0 Å². The number of aliphatic hydroxyl groups excluding tert-OH is 1. The maximum absolute atomic E-state index is 10.9. The molecule has 0 amide bonds. The first-order chi connectivity index (χ1) is 10.1. The number of nitrogens with one attached hydrogen (secondary N) is 1. The Bertz CT molecular complexity index is 646. The van der Waals surface area contributed by atoms with Crippen molar-refractivity contribution in [1.82, 2.24) is 4.98 Å². The Labute approximate surface area is 121 Å². The van der Waals surface area contributed by atoms with E-state index in [-0.39, 0.29) is 18.2 Å². The molecular weight excluding hydrogens is 274 g/mol. The van der Waals surface area contributed by atoms with E-state index in [0.29, 0.717) is 23.7 Å². The summed E-state index contributed by atoms with van der Waals surface area (Å²) in [4.78, 5) is 14.6. The van der Waals surface area contributed by atoms with Gasteiger partial charge in [-0.2, -0.15) is 4.98 Å². The van der Waals surface area contributed by atoms with E-state index < -0.39 is 4.92 Å². The van der Waals surface area contributed by atoms with Gasteiger partial charge in [-0.1, -0.05) is 18.2 Å². The van der Waals surface area contributed by atoms with Crippen LogP contribution in [0.3, 0.4) is 0 Å². The highest BCUT2D eigenvalue weighted by Crippen LogP contribution is 2.28. The molecule has 0 unspecified atom stereocenters. The number of hydrogen-bond acceptors (Lipinski definition) is 6. The first-order valence-electron chi connectivity index (χ1n) is 6.41. The van der Waals surface area contributed by atoms with Gasteiger partial charge in [0.2, 0.25) is 5.88 Å². The van der Waals surface area contributed by atoms with Gasteiger partial charge in [0.15, 0.2) is 0 Å². The number of para-hydroxylation sites is 1. The second kappa shape index (κ2) is 6.67. The van der Waals surface area contributed by atoms with Crippen LogP contribution in [0, 0.1) is 10.1 Å². The average Bonchev–Trinajstić information content (AvgIpc) is 2.48. The zero-order valence-electron chi connectivity index (χ0n) is 11.4. The highest BCUT2D eigenvalue weighted by molar-refractivity contribution is 5.49. The first kappa shape index (κ1) is 14.7. The number of aromatic nitrogens is 1. The van der Waals surface area contributed by atoms with Crippen molar-refractivity contribution in [1.29, 1.82) is 0 Å². The molecule has 2 aromatic rings. The molecule has 7 nitrogen and oxygen atoms in total. The summed E-state index contributed by atoms with van der Waals surface area (Å²) < 4.78 is 5.56. The van der Waals surface area contributed by atoms with Crippen molar-refractivity contribution in [2.24, 2.45) is 0 Å². The minimum absolute atomic E-state index is 0.0982. The smallest absolute Gasteiger partial charge is 0.278 e. The van der Waals surface area contributed by atoms with E-state index in [1.807, 2.05) is 6.92 Å². The normalized spacial score (nSPS) is 10.2. The Morgan fingerprint density at radius 2 is 2.14 bits per heavy atom. The average molecular weight is 289 g/mol. The van der Waals surface area contributed by atoms with Crippen molar-refractivity contribution < 1.29 is 14.8 Å². The predicted octanol–water partition coefficient (Wildman–Crippen LogP) is 2.71. The predicted molar refractivity (Wildman–Crippen MR) is 77.5 cm³/mol. The van der Waals surface area contributed by atoms with Crippen molar-refractivity contribution in [2.45, 2.75) is 13.5 Å². The van der Waals surface area contributed by atoms with E-state index in [0.717, 1.165) is 0 Å². The van der Waals surface area contributed by atoms with Crippen LogP contribution in [-0.4, -0.2) is 21.6 Å². The molecule has 0 spiro atoms. The van der Waals surface area contributed by atoms with Crippen LogP contribution in [0.15, 0.2) is 36.4 Å². The topological polar surface area (TPSA) is 97.5 Å². The quantitative estimate of drug-likeness (QED) is 0.626. The molecule has 0 saturated heterocycles. The van der Waals surface area contributed by atoms with Crippen molar-refractivity contribution in [3.63, 3.8) is 0 Å². The van der Waals surface area contributed by atoms with E-state index in [1.165, 1.54) is 12.1 Å². The van der Waals surface area contributed by atoms with E-state index in [9.17, 15) is 15.2 Å². The monoisotopic (exact) mass is 289 g/mol. The third-order valence-electron chi connectivity index (χ3n) is 2.71. The molecule has 0 radical (unpaired) electrons. The van der Waals surface area contributed by atoms with Crippen LogP contribution < -0.4 is 10.1 Å². The molecule has 0 atom stereocenters. The lowest BCUT2D eigenvalue weighted by atomic mass is 10.2. The van der Waals surface area contributed by atoms with Crippen LogP contribution >= 0.6 is 0 Å². The van der Waals surface area contributed by atoms with Crippen molar-refractivity contribution in [2.75, 3.05) is 11.9 Å². The maximum atomic E-state index is 10.9.